The quantitative estimate of drug-likeness (QED) is 0.805. The SMILES string of the molecule is CC(C)CNC(=O)C(C)NS(=O)(=O)c1ccc(Br)s1. The van der Waals surface area contributed by atoms with E-state index in [1.165, 1.54) is 13.0 Å². The molecule has 8 heteroatoms. The van der Waals surface area contributed by atoms with E-state index < -0.39 is 16.1 Å². The van der Waals surface area contributed by atoms with Crippen LogP contribution in [0.3, 0.4) is 0 Å². The first kappa shape index (κ1) is 16.6. The Hall–Kier alpha value is -0.440. The molecule has 0 fully saturated rings. The van der Waals surface area contributed by atoms with Crippen LogP contribution in [0.15, 0.2) is 20.1 Å². The van der Waals surface area contributed by atoms with Crippen molar-refractivity contribution in [1.29, 1.82) is 0 Å². The Morgan fingerprint density at radius 3 is 2.47 bits per heavy atom. The molecule has 1 rings (SSSR count). The molecule has 0 aliphatic carbocycles. The van der Waals surface area contributed by atoms with Crippen LogP contribution in [0.2, 0.25) is 0 Å². The van der Waals surface area contributed by atoms with Gasteiger partial charge in [0.1, 0.15) is 4.21 Å². The Morgan fingerprint density at radius 1 is 1.37 bits per heavy atom. The molecule has 0 saturated heterocycles. The zero-order valence-electron chi connectivity index (χ0n) is 10.9. The summed E-state index contributed by atoms with van der Waals surface area (Å²) in [6, 6.07) is 2.35. The van der Waals surface area contributed by atoms with Gasteiger partial charge in [0.2, 0.25) is 5.91 Å². The van der Waals surface area contributed by atoms with Crippen molar-refractivity contribution in [2.75, 3.05) is 6.54 Å². The number of carbonyl (C=O) groups is 1. The predicted molar refractivity (Wildman–Crippen MR) is 79.7 cm³/mol. The zero-order valence-corrected chi connectivity index (χ0v) is 14.2. The number of nitrogens with one attached hydrogen (secondary N) is 2. The highest BCUT2D eigenvalue weighted by Gasteiger charge is 2.23. The van der Waals surface area contributed by atoms with E-state index in [0.29, 0.717) is 12.5 Å². The summed E-state index contributed by atoms with van der Waals surface area (Å²) in [5.74, 6) is -0.00564. The van der Waals surface area contributed by atoms with Gasteiger partial charge in [-0.1, -0.05) is 13.8 Å². The Labute approximate surface area is 126 Å². The first-order chi connectivity index (χ1) is 8.72. The second-order valence-electron chi connectivity index (χ2n) is 4.54. The van der Waals surface area contributed by atoms with Crippen LogP contribution in [0.1, 0.15) is 20.8 Å². The summed E-state index contributed by atoms with van der Waals surface area (Å²) in [5, 5.41) is 2.69. The van der Waals surface area contributed by atoms with E-state index in [-0.39, 0.29) is 10.1 Å². The van der Waals surface area contributed by atoms with E-state index in [1.54, 1.807) is 6.07 Å². The first-order valence-corrected chi connectivity index (χ1v) is 8.87. The Morgan fingerprint density at radius 2 is 2.00 bits per heavy atom. The van der Waals surface area contributed by atoms with Gasteiger partial charge in [-0.25, -0.2) is 8.42 Å². The summed E-state index contributed by atoms with van der Waals surface area (Å²) in [6.07, 6.45) is 0. The fourth-order valence-corrected chi connectivity index (χ4v) is 4.47. The maximum absolute atomic E-state index is 12.0. The second kappa shape index (κ2) is 6.83. The van der Waals surface area contributed by atoms with Crippen molar-refractivity contribution in [2.24, 2.45) is 5.92 Å². The number of sulfonamides is 1. The molecule has 1 aromatic rings. The minimum Gasteiger partial charge on any atom is -0.354 e. The molecule has 1 atom stereocenters. The van der Waals surface area contributed by atoms with Crippen LogP contribution in [0.25, 0.3) is 0 Å². The molecule has 0 radical (unpaired) electrons. The first-order valence-electron chi connectivity index (χ1n) is 5.77. The highest BCUT2D eigenvalue weighted by Crippen LogP contribution is 2.25. The third kappa shape index (κ3) is 5.21. The van der Waals surface area contributed by atoms with Gasteiger partial charge in [-0.05, 0) is 40.9 Å². The number of halogens is 1. The van der Waals surface area contributed by atoms with E-state index in [2.05, 4.69) is 26.0 Å². The minimum absolute atomic E-state index is 0.183. The number of hydrogen-bond acceptors (Lipinski definition) is 4. The van der Waals surface area contributed by atoms with Gasteiger partial charge in [0.15, 0.2) is 0 Å². The number of hydrogen-bond donors (Lipinski definition) is 2. The lowest BCUT2D eigenvalue weighted by Crippen LogP contribution is -2.45. The predicted octanol–water partition coefficient (Wildman–Crippen LogP) is 1.95. The van der Waals surface area contributed by atoms with Crippen LogP contribution < -0.4 is 10.0 Å². The molecular weight excluding hydrogens is 352 g/mol. The Kier molecular flexibility index (Phi) is 5.97. The van der Waals surface area contributed by atoms with Gasteiger partial charge in [-0.3, -0.25) is 4.79 Å². The van der Waals surface area contributed by atoms with Gasteiger partial charge in [-0.15, -0.1) is 11.3 Å². The summed E-state index contributed by atoms with van der Waals surface area (Å²) < 4.78 is 27.3. The average Bonchev–Trinajstić information content (AvgIpc) is 2.72. The van der Waals surface area contributed by atoms with E-state index in [4.69, 9.17) is 0 Å². The van der Waals surface area contributed by atoms with Crippen molar-refractivity contribution in [3.63, 3.8) is 0 Å². The van der Waals surface area contributed by atoms with Gasteiger partial charge >= 0.3 is 0 Å². The van der Waals surface area contributed by atoms with Crippen LogP contribution in [-0.2, 0) is 14.8 Å². The lowest BCUT2D eigenvalue weighted by atomic mass is 10.2. The fraction of sp³-hybridized carbons (Fsp3) is 0.545. The van der Waals surface area contributed by atoms with Crippen molar-refractivity contribution >= 4 is 43.2 Å². The zero-order chi connectivity index (χ0) is 14.6. The molecule has 0 aliphatic heterocycles. The van der Waals surface area contributed by atoms with Crippen LogP contribution in [0.5, 0.6) is 0 Å². The van der Waals surface area contributed by atoms with Gasteiger partial charge in [-0.2, -0.15) is 4.72 Å². The smallest absolute Gasteiger partial charge is 0.250 e. The molecule has 1 unspecified atom stereocenters. The molecule has 5 nitrogen and oxygen atoms in total. The van der Waals surface area contributed by atoms with Crippen LogP contribution >= 0.6 is 27.3 Å². The maximum Gasteiger partial charge on any atom is 0.250 e. The van der Waals surface area contributed by atoms with Crippen LogP contribution in [0, 0.1) is 5.92 Å². The van der Waals surface area contributed by atoms with Gasteiger partial charge < -0.3 is 5.32 Å². The highest BCUT2D eigenvalue weighted by molar-refractivity contribution is 9.11. The third-order valence-corrected chi connectivity index (χ3v) is 5.88. The number of amides is 1. The fourth-order valence-electron chi connectivity index (χ4n) is 1.24. The third-order valence-electron chi connectivity index (χ3n) is 2.22. The number of carbonyl (C=O) groups excluding carboxylic acids is 1. The monoisotopic (exact) mass is 368 g/mol. The molecule has 108 valence electrons. The summed E-state index contributed by atoms with van der Waals surface area (Å²) in [5.41, 5.74) is 0. The summed E-state index contributed by atoms with van der Waals surface area (Å²) in [7, 11) is -3.64. The Balaban J connectivity index is 2.65. The van der Waals surface area contributed by atoms with Crippen LogP contribution in [-0.4, -0.2) is 26.9 Å². The number of rotatable bonds is 6. The average molecular weight is 369 g/mol. The molecule has 1 heterocycles. The summed E-state index contributed by atoms with van der Waals surface area (Å²) in [4.78, 5) is 11.7. The summed E-state index contributed by atoms with van der Waals surface area (Å²) in [6.45, 7) is 5.99. The largest absolute Gasteiger partial charge is 0.354 e. The van der Waals surface area contributed by atoms with E-state index >= 15 is 0 Å². The van der Waals surface area contributed by atoms with Gasteiger partial charge in [0.05, 0.1) is 9.83 Å². The maximum atomic E-state index is 12.0. The standard InChI is InChI=1S/C11H17BrN2O3S2/c1-7(2)6-13-11(15)8(3)14-19(16,17)10-5-4-9(12)18-10/h4-5,7-8,14H,6H2,1-3H3,(H,13,15). The highest BCUT2D eigenvalue weighted by atomic mass is 79.9. The second-order valence-corrected chi connectivity index (χ2v) is 8.94. The molecule has 19 heavy (non-hydrogen) atoms. The van der Waals surface area contributed by atoms with Gasteiger partial charge in [0, 0.05) is 6.54 Å². The molecule has 1 aromatic heterocycles. The minimum atomic E-state index is -3.64. The molecule has 0 saturated carbocycles. The van der Waals surface area contributed by atoms with Crippen LogP contribution in [0.4, 0.5) is 0 Å². The molecule has 0 aliphatic rings. The lowest BCUT2D eigenvalue weighted by molar-refractivity contribution is -0.122. The summed E-state index contributed by atoms with van der Waals surface area (Å²) >= 11 is 4.31. The molecular formula is C11H17BrN2O3S2. The van der Waals surface area contributed by atoms with Crippen molar-refractivity contribution in [3.8, 4) is 0 Å². The lowest BCUT2D eigenvalue weighted by Gasteiger charge is -2.14. The molecule has 0 spiro atoms. The van der Waals surface area contributed by atoms with Crippen molar-refractivity contribution in [1.82, 2.24) is 10.0 Å². The molecule has 1 amide bonds. The van der Waals surface area contributed by atoms with E-state index in [9.17, 15) is 13.2 Å². The normalized spacial score (nSPS) is 13.5. The Bertz CT molecular complexity index is 540. The molecule has 0 aromatic carbocycles. The molecule has 0 bridgehead atoms. The van der Waals surface area contributed by atoms with Crippen molar-refractivity contribution in [3.05, 3.63) is 15.9 Å². The van der Waals surface area contributed by atoms with Crippen molar-refractivity contribution < 1.29 is 13.2 Å². The topological polar surface area (TPSA) is 75.3 Å². The number of thiophene rings is 1. The van der Waals surface area contributed by atoms with Crippen molar-refractivity contribution in [2.45, 2.75) is 31.0 Å². The van der Waals surface area contributed by atoms with Gasteiger partial charge in [0.25, 0.3) is 10.0 Å². The van der Waals surface area contributed by atoms with E-state index in [0.717, 1.165) is 15.1 Å². The molecule has 2 N–H and O–H groups in total. The van der Waals surface area contributed by atoms with E-state index in [1.807, 2.05) is 13.8 Å².